The van der Waals surface area contributed by atoms with Gasteiger partial charge in [0.2, 0.25) is 0 Å². The summed E-state index contributed by atoms with van der Waals surface area (Å²) in [4.78, 5) is 33.9. The minimum atomic E-state index is -1.10. The third-order valence-corrected chi connectivity index (χ3v) is 2.76. The summed E-state index contributed by atoms with van der Waals surface area (Å²) in [6.07, 6.45) is 2.49. The zero-order valence-electron chi connectivity index (χ0n) is 14.6. The molecule has 2 amide bonds. The molecule has 0 heterocycles. The van der Waals surface area contributed by atoms with E-state index in [4.69, 9.17) is 14.6 Å². The lowest BCUT2D eigenvalue weighted by Crippen LogP contribution is -2.43. The molecule has 3 N–H and O–H groups in total. The molecular formula is C16H28N2O6. The molecule has 0 aromatic heterocycles. The summed E-state index contributed by atoms with van der Waals surface area (Å²) < 4.78 is 9.78. The van der Waals surface area contributed by atoms with E-state index in [1.54, 1.807) is 20.8 Å². The van der Waals surface area contributed by atoms with Crippen molar-refractivity contribution in [1.29, 1.82) is 0 Å². The fourth-order valence-electron chi connectivity index (χ4n) is 1.73. The van der Waals surface area contributed by atoms with Crippen LogP contribution in [0.1, 0.15) is 46.5 Å². The number of alkyl carbamates (subject to hydrolysis) is 2. The normalized spacial score (nSPS) is 12.0. The number of amides is 2. The molecular weight excluding hydrogens is 316 g/mol. The quantitative estimate of drug-likeness (QED) is 0.414. The highest BCUT2D eigenvalue weighted by Crippen LogP contribution is 2.09. The van der Waals surface area contributed by atoms with Crippen molar-refractivity contribution in [2.24, 2.45) is 0 Å². The SMILES string of the molecule is C=CCOC(=O)NCCCCCC(NC(=O)OC(C)(C)C)C(=O)O. The van der Waals surface area contributed by atoms with Crippen LogP contribution in [-0.4, -0.2) is 48.1 Å². The molecule has 0 radical (unpaired) electrons. The fourth-order valence-corrected chi connectivity index (χ4v) is 1.73. The number of carbonyl (C=O) groups is 3. The van der Waals surface area contributed by atoms with Gasteiger partial charge in [-0.1, -0.05) is 25.5 Å². The van der Waals surface area contributed by atoms with Gasteiger partial charge in [0.1, 0.15) is 18.2 Å². The molecule has 0 aliphatic rings. The highest BCUT2D eigenvalue weighted by Gasteiger charge is 2.23. The van der Waals surface area contributed by atoms with E-state index in [0.29, 0.717) is 25.8 Å². The third-order valence-electron chi connectivity index (χ3n) is 2.76. The second kappa shape index (κ2) is 11.3. The van der Waals surface area contributed by atoms with Crippen molar-refractivity contribution in [2.75, 3.05) is 13.2 Å². The molecule has 1 unspecified atom stereocenters. The molecule has 138 valence electrons. The lowest BCUT2D eigenvalue weighted by molar-refractivity contribution is -0.139. The summed E-state index contributed by atoms with van der Waals surface area (Å²) in [6.45, 7) is 9.14. The van der Waals surface area contributed by atoms with Gasteiger partial charge in [-0.15, -0.1) is 0 Å². The van der Waals surface area contributed by atoms with Crippen molar-refractivity contribution in [2.45, 2.75) is 58.1 Å². The lowest BCUT2D eigenvalue weighted by Gasteiger charge is -2.22. The first kappa shape index (κ1) is 21.8. The zero-order valence-corrected chi connectivity index (χ0v) is 14.6. The van der Waals surface area contributed by atoms with Crippen LogP contribution in [0.4, 0.5) is 9.59 Å². The van der Waals surface area contributed by atoms with Crippen molar-refractivity contribution in [3.8, 4) is 0 Å². The summed E-state index contributed by atoms with van der Waals surface area (Å²) >= 11 is 0. The van der Waals surface area contributed by atoms with Gasteiger partial charge in [-0.25, -0.2) is 14.4 Å². The number of aliphatic carboxylic acids is 1. The Labute approximate surface area is 142 Å². The summed E-state index contributed by atoms with van der Waals surface area (Å²) in [7, 11) is 0. The van der Waals surface area contributed by atoms with E-state index in [9.17, 15) is 14.4 Å². The number of nitrogens with one attached hydrogen (secondary N) is 2. The van der Waals surface area contributed by atoms with Gasteiger partial charge >= 0.3 is 18.2 Å². The molecule has 8 heteroatoms. The Morgan fingerprint density at radius 1 is 1.17 bits per heavy atom. The molecule has 0 rings (SSSR count). The van der Waals surface area contributed by atoms with Gasteiger partial charge in [0.15, 0.2) is 0 Å². The van der Waals surface area contributed by atoms with E-state index in [1.165, 1.54) is 6.08 Å². The molecule has 0 spiro atoms. The summed E-state index contributed by atoms with van der Waals surface area (Å²) in [6, 6.07) is -0.995. The third kappa shape index (κ3) is 12.3. The van der Waals surface area contributed by atoms with E-state index in [1.807, 2.05) is 0 Å². The van der Waals surface area contributed by atoms with Crippen LogP contribution in [0.3, 0.4) is 0 Å². The Morgan fingerprint density at radius 2 is 1.83 bits per heavy atom. The van der Waals surface area contributed by atoms with Gasteiger partial charge in [0.05, 0.1) is 0 Å². The number of hydrogen-bond donors (Lipinski definition) is 3. The first-order chi connectivity index (χ1) is 11.2. The van der Waals surface area contributed by atoms with E-state index >= 15 is 0 Å². The number of carbonyl (C=O) groups excluding carboxylic acids is 2. The van der Waals surface area contributed by atoms with E-state index in [-0.39, 0.29) is 13.0 Å². The number of carboxylic acids is 1. The Morgan fingerprint density at radius 3 is 2.38 bits per heavy atom. The van der Waals surface area contributed by atoms with Crippen LogP contribution in [0.2, 0.25) is 0 Å². The average molecular weight is 344 g/mol. The maximum atomic E-state index is 11.6. The maximum absolute atomic E-state index is 11.6. The van der Waals surface area contributed by atoms with Crippen LogP contribution >= 0.6 is 0 Å². The predicted octanol–water partition coefficient (Wildman–Crippen LogP) is 2.44. The predicted molar refractivity (Wildman–Crippen MR) is 88.8 cm³/mol. The minimum Gasteiger partial charge on any atom is -0.480 e. The van der Waals surface area contributed by atoms with Gasteiger partial charge in [0.25, 0.3) is 0 Å². The molecule has 24 heavy (non-hydrogen) atoms. The van der Waals surface area contributed by atoms with Crippen molar-refractivity contribution >= 4 is 18.2 Å². The number of unbranched alkanes of at least 4 members (excludes halogenated alkanes) is 2. The molecule has 0 aliphatic heterocycles. The Balaban J connectivity index is 3.94. The van der Waals surface area contributed by atoms with E-state index in [2.05, 4.69) is 17.2 Å². The molecule has 0 bridgehead atoms. The van der Waals surface area contributed by atoms with Crippen LogP contribution in [0.15, 0.2) is 12.7 Å². The van der Waals surface area contributed by atoms with Gasteiger partial charge in [-0.2, -0.15) is 0 Å². The average Bonchev–Trinajstić information content (AvgIpc) is 2.45. The molecule has 0 aromatic carbocycles. The first-order valence-corrected chi connectivity index (χ1v) is 7.89. The summed E-state index contributed by atoms with van der Waals surface area (Å²) in [5.74, 6) is -1.10. The summed E-state index contributed by atoms with van der Waals surface area (Å²) in [5.41, 5.74) is -0.682. The topological polar surface area (TPSA) is 114 Å². The summed E-state index contributed by atoms with van der Waals surface area (Å²) in [5, 5.41) is 14.0. The highest BCUT2D eigenvalue weighted by atomic mass is 16.6. The monoisotopic (exact) mass is 344 g/mol. The molecule has 0 saturated heterocycles. The number of ether oxygens (including phenoxy) is 2. The molecule has 0 aromatic rings. The second-order valence-electron chi connectivity index (χ2n) is 6.20. The first-order valence-electron chi connectivity index (χ1n) is 7.89. The Kier molecular flexibility index (Phi) is 10.3. The van der Waals surface area contributed by atoms with Gasteiger partial charge in [-0.05, 0) is 33.6 Å². The number of hydrogen-bond acceptors (Lipinski definition) is 5. The van der Waals surface area contributed by atoms with Crippen LogP contribution < -0.4 is 10.6 Å². The fraction of sp³-hybridized carbons (Fsp3) is 0.688. The Bertz CT molecular complexity index is 431. The highest BCUT2D eigenvalue weighted by molar-refractivity contribution is 5.79. The zero-order chi connectivity index (χ0) is 18.6. The largest absolute Gasteiger partial charge is 0.480 e. The van der Waals surface area contributed by atoms with Crippen molar-refractivity contribution in [3.05, 3.63) is 12.7 Å². The minimum absolute atomic E-state index is 0.155. The molecule has 0 fully saturated rings. The van der Waals surface area contributed by atoms with Gasteiger partial charge < -0.3 is 25.2 Å². The number of rotatable bonds is 10. The standard InChI is InChI=1S/C16H28N2O6/c1-5-11-23-14(21)17-10-8-6-7-9-12(13(19)20)18-15(22)24-16(2,3)4/h5,12H,1,6-11H2,2-4H3,(H,17,21)(H,18,22)(H,19,20). The van der Waals surface area contributed by atoms with Crippen molar-refractivity contribution in [1.82, 2.24) is 10.6 Å². The van der Waals surface area contributed by atoms with Crippen molar-refractivity contribution < 1.29 is 29.0 Å². The molecule has 1 atom stereocenters. The van der Waals surface area contributed by atoms with Crippen LogP contribution in [0.5, 0.6) is 0 Å². The lowest BCUT2D eigenvalue weighted by atomic mass is 10.1. The van der Waals surface area contributed by atoms with Crippen LogP contribution in [-0.2, 0) is 14.3 Å². The van der Waals surface area contributed by atoms with Crippen molar-refractivity contribution in [3.63, 3.8) is 0 Å². The van der Waals surface area contributed by atoms with E-state index in [0.717, 1.165) is 0 Å². The molecule has 0 saturated carbocycles. The number of carboxylic acid groups (broad SMARTS) is 1. The Hall–Kier alpha value is -2.25. The van der Waals surface area contributed by atoms with E-state index < -0.39 is 29.8 Å². The maximum Gasteiger partial charge on any atom is 0.408 e. The molecule has 0 aliphatic carbocycles. The smallest absolute Gasteiger partial charge is 0.408 e. The van der Waals surface area contributed by atoms with Crippen LogP contribution in [0, 0.1) is 0 Å². The van der Waals surface area contributed by atoms with Gasteiger partial charge in [0, 0.05) is 6.54 Å². The second-order valence-corrected chi connectivity index (χ2v) is 6.20. The molecule has 8 nitrogen and oxygen atoms in total. The van der Waals surface area contributed by atoms with Gasteiger partial charge in [-0.3, -0.25) is 0 Å². The van der Waals surface area contributed by atoms with Crippen LogP contribution in [0.25, 0.3) is 0 Å².